The van der Waals surface area contributed by atoms with Crippen molar-refractivity contribution in [1.82, 2.24) is 20.1 Å². The number of rotatable bonds is 4. The van der Waals surface area contributed by atoms with Crippen LogP contribution in [0.25, 0.3) is 21.7 Å². The van der Waals surface area contributed by atoms with Gasteiger partial charge in [-0.2, -0.15) is 0 Å². The molecule has 1 aliphatic rings. The van der Waals surface area contributed by atoms with Gasteiger partial charge in [-0.1, -0.05) is 30.3 Å². The second-order valence-corrected chi connectivity index (χ2v) is 8.38. The monoisotopic (exact) mass is 390 g/mol. The Morgan fingerprint density at radius 2 is 1.75 bits per heavy atom. The Balaban J connectivity index is 1.26. The Kier molecular flexibility index (Phi) is 4.66. The van der Waals surface area contributed by atoms with Crippen molar-refractivity contribution in [2.45, 2.75) is 31.7 Å². The molecular formula is C22H22N4OS. The van der Waals surface area contributed by atoms with E-state index in [1.54, 1.807) is 0 Å². The molecule has 1 saturated heterocycles. The second-order valence-electron chi connectivity index (χ2n) is 7.32. The quantitative estimate of drug-likeness (QED) is 0.474. The highest BCUT2D eigenvalue weighted by Crippen LogP contribution is 2.36. The van der Waals surface area contributed by atoms with Crippen LogP contribution in [-0.2, 0) is 0 Å². The number of aromatic nitrogens is 3. The summed E-state index contributed by atoms with van der Waals surface area (Å²) in [6.07, 6.45) is 2.23. The van der Waals surface area contributed by atoms with Crippen molar-refractivity contribution in [3.05, 3.63) is 65.5 Å². The first-order valence-electron chi connectivity index (χ1n) is 9.76. The minimum Gasteiger partial charge on any atom is -0.419 e. The standard InChI is InChI=1S/C22H22N4OS/c1-15(20-24-25-21(27-20)16-7-3-2-4-8-16)26-13-11-17(12-14-26)22-23-18-9-5-6-10-19(18)28-22/h2-10,15,17H,11-14H2,1H3. The van der Waals surface area contributed by atoms with Crippen molar-refractivity contribution in [2.24, 2.45) is 0 Å². The second kappa shape index (κ2) is 7.45. The molecule has 2 aromatic carbocycles. The molecule has 0 saturated carbocycles. The number of hydrogen-bond donors (Lipinski definition) is 0. The van der Waals surface area contributed by atoms with Gasteiger partial charge in [0.25, 0.3) is 0 Å². The van der Waals surface area contributed by atoms with Gasteiger partial charge in [0, 0.05) is 11.5 Å². The lowest BCUT2D eigenvalue weighted by Gasteiger charge is -2.33. The Morgan fingerprint density at radius 1 is 1.00 bits per heavy atom. The molecule has 28 heavy (non-hydrogen) atoms. The topological polar surface area (TPSA) is 55.1 Å². The van der Waals surface area contributed by atoms with Gasteiger partial charge in [0.05, 0.1) is 21.3 Å². The predicted molar refractivity (Wildman–Crippen MR) is 111 cm³/mol. The average molecular weight is 391 g/mol. The summed E-state index contributed by atoms with van der Waals surface area (Å²) in [5.41, 5.74) is 2.08. The third-order valence-electron chi connectivity index (χ3n) is 5.56. The Morgan fingerprint density at radius 3 is 2.54 bits per heavy atom. The SMILES string of the molecule is CC(c1nnc(-c2ccccc2)o1)N1CCC(c2nc3ccccc3s2)CC1. The number of nitrogens with zero attached hydrogens (tertiary/aromatic N) is 4. The zero-order valence-electron chi connectivity index (χ0n) is 15.8. The lowest BCUT2D eigenvalue weighted by atomic mass is 9.96. The average Bonchev–Trinajstić information content (AvgIpc) is 3.41. The molecule has 5 nitrogen and oxygen atoms in total. The summed E-state index contributed by atoms with van der Waals surface area (Å²) in [5, 5.41) is 9.82. The van der Waals surface area contributed by atoms with E-state index in [2.05, 4.69) is 46.3 Å². The van der Waals surface area contributed by atoms with Gasteiger partial charge in [0.15, 0.2) is 0 Å². The van der Waals surface area contributed by atoms with Crippen molar-refractivity contribution in [1.29, 1.82) is 0 Å². The van der Waals surface area contributed by atoms with Crippen LogP contribution in [0.2, 0.25) is 0 Å². The Labute approximate surface area is 168 Å². The number of piperidine rings is 1. The van der Waals surface area contributed by atoms with E-state index in [-0.39, 0.29) is 6.04 Å². The zero-order chi connectivity index (χ0) is 18.9. The van der Waals surface area contributed by atoms with E-state index in [4.69, 9.17) is 9.40 Å². The van der Waals surface area contributed by atoms with E-state index in [9.17, 15) is 0 Å². The molecule has 1 atom stereocenters. The molecule has 1 unspecified atom stereocenters. The van der Waals surface area contributed by atoms with Crippen molar-refractivity contribution in [2.75, 3.05) is 13.1 Å². The summed E-state index contributed by atoms with van der Waals surface area (Å²) in [6.45, 7) is 4.19. The molecule has 5 rings (SSSR count). The van der Waals surface area contributed by atoms with E-state index in [0.717, 1.165) is 37.0 Å². The van der Waals surface area contributed by atoms with Crippen LogP contribution >= 0.6 is 11.3 Å². The number of thiazole rings is 1. The molecule has 0 spiro atoms. The number of benzene rings is 2. The van der Waals surface area contributed by atoms with Crippen LogP contribution in [0.4, 0.5) is 0 Å². The van der Waals surface area contributed by atoms with Crippen molar-refractivity contribution in [3.63, 3.8) is 0 Å². The molecular weight excluding hydrogens is 368 g/mol. The summed E-state index contributed by atoms with van der Waals surface area (Å²) in [6, 6.07) is 18.5. The molecule has 0 bridgehead atoms. The van der Waals surface area contributed by atoms with E-state index in [1.165, 1.54) is 9.71 Å². The molecule has 3 heterocycles. The van der Waals surface area contributed by atoms with Crippen LogP contribution in [0.15, 0.2) is 59.0 Å². The lowest BCUT2D eigenvalue weighted by molar-refractivity contribution is 0.143. The van der Waals surface area contributed by atoms with Gasteiger partial charge in [-0.05, 0) is 57.1 Å². The number of likely N-dealkylation sites (tertiary alicyclic amines) is 1. The summed E-state index contributed by atoms with van der Waals surface area (Å²) in [5.74, 6) is 1.83. The number of hydrogen-bond acceptors (Lipinski definition) is 6. The molecule has 0 amide bonds. The normalized spacial score (nSPS) is 17.2. The molecule has 0 radical (unpaired) electrons. The van der Waals surface area contributed by atoms with Gasteiger partial charge in [0.2, 0.25) is 11.8 Å². The van der Waals surface area contributed by atoms with Crippen LogP contribution in [0, 0.1) is 0 Å². The van der Waals surface area contributed by atoms with Crippen molar-refractivity contribution in [3.8, 4) is 11.5 Å². The smallest absolute Gasteiger partial charge is 0.247 e. The first-order chi connectivity index (χ1) is 13.8. The van der Waals surface area contributed by atoms with E-state index < -0.39 is 0 Å². The largest absolute Gasteiger partial charge is 0.419 e. The molecule has 0 N–H and O–H groups in total. The summed E-state index contributed by atoms with van der Waals surface area (Å²) in [7, 11) is 0. The zero-order valence-corrected chi connectivity index (χ0v) is 16.6. The van der Waals surface area contributed by atoms with Crippen molar-refractivity contribution >= 4 is 21.6 Å². The van der Waals surface area contributed by atoms with Crippen LogP contribution in [0.5, 0.6) is 0 Å². The maximum absolute atomic E-state index is 5.96. The first-order valence-corrected chi connectivity index (χ1v) is 10.6. The minimum absolute atomic E-state index is 0.126. The van der Waals surface area contributed by atoms with Gasteiger partial charge in [0.1, 0.15) is 0 Å². The molecule has 142 valence electrons. The van der Waals surface area contributed by atoms with Gasteiger partial charge >= 0.3 is 0 Å². The van der Waals surface area contributed by atoms with E-state index in [1.807, 2.05) is 41.7 Å². The Bertz CT molecular complexity index is 1030. The van der Waals surface area contributed by atoms with Crippen LogP contribution < -0.4 is 0 Å². The van der Waals surface area contributed by atoms with Crippen LogP contribution in [-0.4, -0.2) is 33.2 Å². The summed E-state index contributed by atoms with van der Waals surface area (Å²) in [4.78, 5) is 7.30. The molecule has 6 heteroatoms. The Hall–Kier alpha value is -2.57. The molecule has 2 aromatic heterocycles. The minimum atomic E-state index is 0.126. The van der Waals surface area contributed by atoms with Crippen molar-refractivity contribution < 1.29 is 4.42 Å². The van der Waals surface area contributed by atoms with Crippen LogP contribution in [0.3, 0.4) is 0 Å². The lowest BCUT2D eigenvalue weighted by Crippen LogP contribution is -2.35. The fraction of sp³-hybridized carbons (Fsp3) is 0.318. The fourth-order valence-electron chi connectivity index (χ4n) is 3.86. The first kappa shape index (κ1) is 17.5. The third kappa shape index (κ3) is 3.34. The fourth-order valence-corrected chi connectivity index (χ4v) is 4.99. The highest BCUT2D eigenvalue weighted by Gasteiger charge is 2.28. The third-order valence-corrected chi connectivity index (χ3v) is 6.75. The highest BCUT2D eigenvalue weighted by molar-refractivity contribution is 7.18. The highest BCUT2D eigenvalue weighted by atomic mass is 32.1. The van der Waals surface area contributed by atoms with Gasteiger partial charge < -0.3 is 4.42 Å². The summed E-state index contributed by atoms with van der Waals surface area (Å²) >= 11 is 1.84. The molecule has 1 aliphatic heterocycles. The molecule has 1 fully saturated rings. The number of para-hydroxylation sites is 1. The van der Waals surface area contributed by atoms with Gasteiger partial charge in [-0.25, -0.2) is 4.98 Å². The van der Waals surface area contributed by atoms with Gasteiger partial charge in [-0.15, -0.1) is 21.5 Å². The van der Waals surface area contributed by atoms with E-state index >= 15 is 0 Å². The van der Waals surface area contributed by atoms with Crippen LogP contribution in [0.1, 0.15) is 42.6 Å². The summed E-state index contributed by atoms with van der Waals surface area (Å²) < 4.78 is 7.25. The molecule has 0 aliphatic carbocycles. The van der Waals surface area contributed by atoms with E-state index in [0.29, 0.717) is 17.7 Å². The molecule has 4 aromatic rings. The number of fused-ring (bicyclic) bond motifs is 1. The van der Waals surface area contributed by atoms with Gasteiger partial charge in [-0.3, -0.25) is 4.90 Å². The maximum Gasteiger partial charge on any atom is 0.247 e. The maximum atomic E-state index is 5.96. The predicted octanol–water partition coefficient (Wildman–Crippen LogP) is 5.29.